The van der Waals surface area contributed by atoms with Gasteiger partial charge in [0.05, 0.1) is 4.88 Å². The molecule has 1 aromatic carbocycles. The molecule has 0 amide bonds. The Labute approximate surface area is 146 Å². The van der Waals surface area contributed by atoms with Gasteiger partial charge < -0.3 is 10.2 Å². The van der Waals surface area contributed by atoms with Crippen LogP contribution < -0.4 is 0 Å². The van der Waals surface area contributed by atoms with Gasteiger partial charge in [-0.3, -0.25) is 4.57 Å². The molecule has 1 unspecified atom stereocenters. The molecule has 118 valence electrons. The van der Waals surface area contributed by atoms with E-state index in [1.807, 2.05) is 24.3 Å². The van der Waals surface area contributed by atoms with Crippen LogP contribution >= 0.6 is 39.5 Å². The second-order valence-corrected chi connectivity index (χ2v) is 7.96. The van der Waals surface area contributed by atoms with Gasteiger partial charge in [-0.15, -0.1) is 11.3 Å². The first-order valence-corrected chi connectivity index (χ1v) is 8.73. The van der Waals surface area contributed by atoms with Crippen molar-refractivity contribution >= 4 is 45.5 Å². The minimum Gasteiger partial charge on any atom is -0.494 e. The Balaban J connectivity index is 2.40. The van der Waals surface area contributed by atoms with Gasteiger partial charge in [0.1, 0.15) is 6.04 Å². The fraction of sp³-hybridized carbons (Fsp3) is 0.333. The summed E-state index contributed by atoms with van der Waals surface area (Å²) in [6, 6.07) is 6.90. The number of carboxylic acids is 1. The summed E-state index contributed by atoms with van der Waals surface area (Å²) in [4.78, 5) is 12.2. The molecule has 0 spiro atoms. The summed E-state index contributed by atoms with van der Waals surface area (Å²) in [6.45, 7) is 3.60. The summed E-state index contributed by atoms with van der Waals surface area (Å²) < 4.78 is 2.71. The van der Waals surface area contributed by atoms with Crippen LogP contribution in [0.25, 0.3) is 0 Å². The molecule has 22 heavy (non-hydrogen) atoms. The van der Waals surface area contributed by atoms with Crippen molar-refractivity contribution in [3.63, 3.8) is 0 Å². The number of rotatable bonds is 5. The lowest BCUT2D eigenvalue weighted by Gasteiger charge is -2.18. The number of halogens is 1. The van der Waals surface area contributed by atoms with E-state index in [9.17, 15) is 15.0 Å². The van der Waals surface area contributed by atoms with Gasteiger partial charge in [-0.1, -0.05) is 41.9 Å². The van der Waals surface area contributed by atoms with Gasteiger partial charge in [0.15, 0.2) is 3.95 Å². The SMILES string of the molecule is CC(C)C(C(=O)O)n1c(O)c(Cc2ccc(Br)cc2)sc1=S. The topological polar surface area (TPSA) is 62.5 Å². The molecule has 2 N–H and O–H groups in total. The zero-order chi connectivity index (χ0) is 16.4. The van der Waals surface area contributed by atoms with Crippen LogP contribution in [0.2, 0.25) is 0 Å². The number of hydrogen-bond donors (Lipinski definition) is 2. The highest BCUT2D eigenvalue weighted by molar-refractivity contribution is 9.10. The molecule has 2 aromatic rings. The third kappa shape index (κ3) is 3.59. The van der Waals surface area contributed by atoms with Crippen LogP contribution in [0.4, 0.5) is 0 Å². The molecule has 1 atom stereocenters. The molecule has 0 saturated heterocycles. The summed E-state index contributed by atoms with van der Waals surface area (Å²) in [5.74, 6) is -1.21. The van der Waals surface area contributed by atoms with E-state index in [1.54, 1.807) is 13.8 Å². The largest absolute Gasteiger partial charge is 0.494 e. The van der Waals surface area contributed by atoms with E-state index >= 15 is 0 Å². The Morgan fingerprint density at radius 2 is 1.95 bits per heavy atom. The highest BCUT2D eigenvalue weighted by atomic mass is 79.9. The monoisotopic (exact) mass is 401 g/mol. The third-order valence-electron chi connectivity index (χ3n) is 3.33. The number of carboxylic acid groups (broad SMARTS) is 1. The number of hydrogen-bond acceptors (Lipinski definition) is 4. The molecular formula is C15H16BrNO3S2. The standard InChI is InChI=1S/C15H16BrNO3S2/c1-8(2)12(14(19)20)17-13(18)11(22-15(17)21)7-9-3-5-10(16)6-4-9/h3-6,8,12,18H,7H2,1-2H3,(H,19,20). The quantitative estimate of drug-likeness (QED) is 0.717. The summed E-state index contributed by atoms with van der Waals surface area (Å²) in [7, 11) is 0. The number of carbonyl (C=O) groups is 1. The van der Waals surface area contributed by atoms with E-state index in [4.69, 9.17) is 12.2 Å². The highest BCUT2D eigenvalue weighted by Gasteiger charge is 2.28. The van der Waals surface area contributed by atoms with Gasteiger partial charge in [-0.05, 0) is 35.8 Å². The zero-order valence-corrected chi connectivity index (χ0v) is 15.3. The lowest BCUT2D eigenvalue weighted by atomic mass is 10.0. The maximum Gasteiger partial charge on any atom is 0.327 e. The van der Waals surface area contributed by atoms with Gasteiger partial charge in [-0.25, -0.2) is 4.79 Å². The van der Waals surface area contributed by atoms with Crippen LogP contribution in [0.15, 0.2) is 28.7 Å². The maximum atomic E-state index is 11.5. The van der Waals surface area contributed by atoms with Crippen molar-refractivity contribution in [3.8, 4) is 5.88 Å². The Morgan fingerprint density at radius 1 is 1.36 bits per heavy atom. The Bertz CT molecular complexity index is 734. The second kappa shape index (κ2) is 6.93. The van der Waals surface area contributed by atoms with E-state index in [0.717, 1.165) is 10.0 Å². The lowest BCUT2D eigenvalue weighted by Crippen LogP contribution is -2.23. The minimum atomic E-state index is -0.991. The highest BCUT2D eigenvalue weighted by Crippen LogP contribution is 2.34. The van der Waals surface area contributed by atoms with Gasteiger partial charge >= 0.3 is 5.97 Å². The van der Waals surface area contributed by atoms with E-state index in [0.29, 0.717) is 15.3 Å². The fourth-order valence-electron chi connectivity index (χ4n) is 2.26. The first-order chi connectivity index (χ1) is 10.3. The summed E-state index contributed by atoms with van der Waals surface area (Å²) in [5.41, 5.74) is 1.03. The average Bonchev–Trinajstić information content (AvgIpc) is 2.69. The first-order valence-electron chi connectivity index (χ1n) is 6.71. The third-order valence-corrected chi connectivity index (χ3v) is 5.25. The molecule has 1 aromatic heterocycles. The normalized spacial score (nSPS) is 12.5. The van der Waals surface area contributed by atoms with E-state index in [2.05, 4.69) is 15.9 Å². The first kappa shape index (κ1) is 17.2. The number of aromatic nitrogens is 1. The Morgan fingerprint density at radius 3 is 2.45 bits per heavy atom. The van der Waals surface area contributed by atoms with Crippen molar-refractivity contribution < 1.29 is 15.0 Å². The molecule has 0 aliphatic carbocycles. The summed E-state index contributed by atoms with van der Waals surface area (Å²) >= 11 is 9.90. The van der Waals surface area contributed by atoms with Crippen LogP contribution in [-0.2, 0) is 11.2 Å². The van der Waals surface area contributed by atoms with Crippen molar-refractivity contribution in [2.75, 3.05) is 0 Å². The molecule has 0 saturated carbocycles. The van der Waals surface area contributed by atoms with Gasteiger partial charge in [0, 0.05) is 10.9 Å². The van der Waals surface area contributed by atoms with Crippen LogP contribution in [-0.4, -0.2) is 20.7 Å². The smallest absolute Gasteiger partial charge is 0.327 e. The van der Waals surface area contributed by atoms with Gasteiger partial charge in [0.2, 0.25) is 5.88 Å². The van der Waals surface area contributed by atoms with Crippen LogP contribution in [0, 0.1) is 9.87 Å². The molecule has 7 heteroatoms. The number of aliphatic carboxylic acids is 1. The number of nitrogens with zero attached hydrogens (tertiary/aromatic N) is 1. The van der Waals surface area contributed by atoms with Crippen LogP contribution in [0.3, 0.4) is 0 Å². The molecule has 0 bridgehead atoms. The molecule has 0 aliphatic rings. The van der Waals surface area contributed by atoms with Crippen molar-refractivity contribution in [2.45, 2.75) is 26.3 Å². The Hall–Kier alpha value is -1.18. The van der Waals surface area contributed by atoms with Gasteiger partial charge in [0.25, 0.3) is 0 Å². The summed E-state index contributed by atoms with van der Waals surface area (Å²) in [5, 5.41) is 19.8. The molecule has 1 heterocycles. The predicted molar refractivity (Wildman–Crippen MR) is 93.3 cm³/mol. The van der Waals surface area contributed by atoms with Crippen molar-refractivity contribution in [2.24, 2.45) is 5.92 Å². The fourth-order valence-corrected chi connectivity index (χ4v) is 3.97. The number of aromatic hydroxyl groups is 1. The second-order valence-electron chi connectivity index (χ2n) is 5.32. The van der Waals surface area contributed by atoms with Crippen molar-refractivity contribution in [1.29, 1.82) is 0 Å². The average molecular weight is 402 g/mol. The molecule has 2 rings (SSSR count). The number of benzene rings is 1. The molecule has 0 radical (unpaired) electrons. The van der Waals surface area contributed by atoms with Crippen molar-refractivity contribution in [3.05, 3.63) is 43.1 Å². The zero-order valence-electron chi connectivity index (χ0n) is 12.1. The molecule has 0 aliphatic heterocycles. The van der Waals surface area contributed by atoms with E-state index in [1.165, 1.54) is 15.9 Å². The summed E-state index contributed by atoms with van der Waals surface area (Å²) in [6.07, 6.45) is 0.519. The lowest BCUT2D eigenvalue weighted by molar-refractivity contribution is -0.142. The molecule has 4 nitrogen and oxygen atoms in total. The predicted octanol–water partition coefficient (Wildman–Crippen LogP) is 4.62. The Kier molecular flexibility index (Phi) is 5.41. The van der Waals surface area contributed by atoms with Gasteiger partial charge in [-0.2, -0.15) is 0 Å². The molecule has 0 fully saturated rings. The molecular weight excluding hydrogens is 386 g/mol. The van der Waals surface area contributed by atoms with Crippen molar-refractivity contribution in [1.82, 2.24) is 4.57 Å². The van der Waals surface area contributed by atoms with E-state index in [-0.39, 0.29) is 11.8 Å². The maximum absolute atomic E-state index is 11.5. The minimum absolute atomic E-state index is 0.0426. The van der Waals surface area contributed by atoms with E-state index < -0.39 is 12.0 Å². The van der Waals surface area contributed by atoms with Crippen LogP contribution in [0.5, 0.6) is 5.88 Å². The van der Waals surface area contributed by atoms with Crippen LogP contribution in [0.1, 0.15) is 30.3 Å². The number of thiazole rings is 1.